The Morgan fingerprint density at radius 1 is 1.19 bits per heavy atom. The van der Waals surface area contributed by atoms with E-state index in [0.717, 1.165) is 33.7 Å². The minimum atomic E-state index is -1.26. The van der Waals surface area contributed by atoms with Gasteiger partial charge in [0.05, 0.1) is 24.7 Å². The number of rotatable bonds is 7. The number of benzene rings is 1. The second kappa shape index (κ2) is 10.7. The van der Waals surface area contributed by atoms with E-state index >= 15 is 0 Å². The van der Waals surface area contributed by atoms with Gasteiger partial charge in [-0.25, -0.2) is 14.1 Å². The van der Waals surface area contributed by atoms with E-state index < -0.39 is 37.3 Å². The van der Waals surface area contributed by atoms with Crippen molar-refractivity contribution in [3.8, 4) is 0 Å². The van der Waals surface area contributed by atoms with Crippen molar-refractivity contribution in [1.82, 2.24) is 9.38 Å². The number of carboxylic acid groups (broad SMARTS) is 3. The summed E-state index contributed by atoms with van der Waals surface area (Å²) >= 11 is 0. The maximum Gasteiger partial charge on any atom is 0.328 e. The molecule has 3 aliphatic rings. The summed E-state index contributed by atoms with van der Waals surface area (Å²) in [5, 5.41) is 27.1. The summed E-state index contributed by atoms with van der Waals surface area (Å²) in [6.45, 7) is 3.18. The highest BCUT2D eigenvalue weighted by atomic mass is 19.1. The molecule has 1 aromatic rings. The largest absolute Gasteiger partial charge is 0.549 e. The lowest BCUT2D eigenvalue weighted by atomic mass is 9.76. The monoisotopic (exact) mass is 504 g/mol. The highest BCUT2D eigenvalue weighted by Crippen LogP contribution is 2.56. The zero-order valence-electron chi connectivity index (χ0n) is 20.4. The van der Waals surface area contributed by atoms with Crippen LogP contribution in [-0.2, 0) is 14.4 Å². The molecule has 2 N–H and O–H groups in total. The van der Waals surface area contributed by atoms with Gasteiger partial charge in [-0.15, -0.1) is 0 Å². The van der Waals surface area contributed by atoms with Gasteiger partial charge >= 0.3 is 11.9 Å². The van der Waals surface area contributed by atoms with Crippen LogP contribution in [0.15, 0.2) is 42.1 Å². The number of fused-ring (bicyclic) bond motifs is 2. The number of carbonyl (C=O) groups is 3. The molecule has 1 aromatic carbocycles. The van der Waals surface area contributed by atoms with E-state index in [1.165, 1.54) is 0 Å². The Balaban J connectivity index is 0.000000392. The van der Waals surface area contributed by atoms with Gasteiger partial charge in [-0.05, 0) is 38.5 Å². The van der Waals surface area contributed by atoms with Crippen molar-refractivity contribution in [1.29, 1.82) is 0 Å². The zero-order valence-corrected chi connectivity index (χ0v) is 20.4. The number of hydrogen-bond acceptors (Lipinski definition) is 5. The number of nitrogens with zero attached hydrogens (tertiary/aromatic N) is 2. The molecule has 4 rings (SSSR count). The predicted molar refractivity (Wildman–Crippen MR) is 129 cm³/mol. The number of carboxylic acids is 3. The van der Waals surface area contributed by atoms with Gasteiger partial charge in [0.1, 0.15) is 11.4 Å². The molecular formula is C26H30F2N2O6. The molecule has 0 saturated heterocycles. The first-order valence-electron chi connectivity index (χ1n) is 11.6. The second-order valence-electron chi connectivity index (χ2n) is 9.36. The van der Waals surface area contributed by atoms with Crippen LogP contribution in [0.4, 0.5) is 14.5 Å². The van der Waals surface area contributed by atoms with Crippen LogP contribution in [0.25, 0.3) is 11.1 Å². The molecular weight excluding hydrogens is 474 g/mol. The molecule has 1 unspecified atom stereocenters. The predicted octanol–water partition coefficient (Wildman–Crippen LogP) is 2.59. The Morgan fingerprint density at radius 2 is 1.83 bits per heavy atom. The van der Waals surface area contributed by atoms with Crippen LogP contribution in [0.5, 0.6) is 0 Å². The minimum absolute atomic E-state index is 0.00901. The third-order valence-corrected chi connectivity index (χ3v) is 7.14. The molecule has 0 bridgehead atoms. The molecule has 2 aliphatic heterocycles. The van der Waals surface area contributed by atoms with Crippen molar-refractivity contribution in [3.05, 3.63) is 53.3 Å². The van der Waals surface area contributed by atoms with E-state index in [-0.39, 0.29) is 23.0 Å². The van der Waals surface area contributed by atoms with Crippen LogP contribution in [0, 0.1) is 5.92 Å². The summed E-state index contributed by atoms with van der Waals surface area (Å²) in [4.78, 5) is 32.7. The first-order chi connectivity index (χ1) is 17.0. The highest BCUT2D eigenvalue weighted by molar-refractivity contribution is 5.98. The summed E-state index contributed by atoms with van der Waals surface area (Å²) in [6.07, 6.45) is 3.78. The normalized spacial score (nSPS) is 24.7. The molecule has 0 spiro atoms. The maximum atomic E-state index is 14.6. The molecule has 0 fully saturated rings. The lowest BCUT2D eigenvalue weighted by Crippen LogP contribution is -2.52. The minimum Gasteiger partial charge on any atom is -0.549 e. The van der Waals surface area contributed by atoms with Crippen molar-refractivity contribution in [2.24, 2.45) is 5.92 Å². The van der Waals surface area contributed by atoms with Crippen molar-refractivity contribution >= 4 is 34.7 Å². The van der Waals surface area contributed by atoms with Gasteiger partial charge < -0.3 is 20.1 Å². The Labute approximate surface area is 208 Å². The summed E-state index contributed by atoms with van der Waals surface area (Å²) in [7, 11) is 1.91. The van der Waals surface area contributed by atoms with E-state index in [1.807, 2.05) is 44.0 Å². The lowest BCUT2D eigenvalue weighted by Gasteiger charge is -2.40. The fourth-order valence-corrected chi connectivity index (χ4v) is 5.55. The molecule has 36 heavy (non-hydrogen) atoms. The Bertz CT molecular complexity index is 1140. The molecule has 0 saturated carbocycles. The molecule has 1 aliphatic carbocycles. The maximum absolute atomic E-state index is 14.6. The van der Waals surface area contributed by atoms with Crippen LogP contribution in [0.3, 0.4) is 0 Å². The highest BCUT2D eigenvalue weighted by Gasteiger charge is 2.51. The number of hydrogen-bond donors (Lipinski definition) is 2. The summed E-state index contributed by atoms with van der Waals surface area (Å²) in [6, 6.07) is 5.76. The smallest absolute Gasteiger partial charge is 0.328 e. The Morgan fingerprint density at radius 3 is 2.33 bits per heavy atom. The van der Waals surface area contributed by atoms with Crippen LogP contribution < -0.4 is 9.59 Å². The third-order valence-electron chi connectivity index (χ3n) is 7.14. The molecule has 0 aromatic heterocycles. The number of quaternary nitrogens is 1. The summed E-state index contributed by atoms with van der Waals surface area (Å²) < 4.78 is 28.2. The van der Waals surface area contributed by atoms with Gasteiger partial charge in [-0.2, -0.15) is 4.39 Å². The second-order valence-corrected chi connectivity index (χ2v) is 9.36. The summed E-state index contributed by atoms with van der Waals surface area (Å²) in [5.74, 6) is -4.27. The van der Waals surface area contributed by atoms with E-state index in [1.54, 1.807) is 6.08 Å². The Kier molecular flexibility index (Phi) is 8.10. The van der Waals surface area contributed by atoms with Gasteiger partial charge in [0, 0.05) is 48.3 Å². The number of aliphatic carboxylic acids is 3. The van der Waals surface area contributed by atoms with Crippen molar-refractivity contribution < 1.29 is 38.5 Å². The van der Waals surface area contributed by atoms with Crippen LogP contribution in [0.1, 0.15) is 37.8 Å². The standard InChI is InChI=1S/C22H26F2N2O2.C4H4O4/c1-13(2)26(12-24)19(7-8-23)17-10-18-16(9-14(22(27)28)11-25(18)3)15-5-4-6-20(26)21(15)17;5-3(6)1-2-4(7)8/h4-6,9,13-14,18H,7-8,10-12H2,1-3H3;1-2H,(H,5,6)(H,7,8)/b;2-1-/t14-,18-,26?;/m1./s1. The fraction of sp³-hybridized carbons (Fsp3) is 0.423. The first-order valence-corrected chi connectivity index (χ1v) is 11.6. The van der Waals surface area contributed by atoms with Crippen LogP contribution in [-0.4, -0.2) is 72.2 Å². The van der Waals surface area contributed by atoms with Crippen LogP contribution in [0.2, 0.25) is 0 Å². The Hall–Kier alpha value is -3.37. The molecule has 2 heterocycles. The van der Waals surface area contributed by atoms with Gasteiger partial charge in [0.15, 0.2) is 0 Å². The van der Waals surface area contributed by atoms with E-state index in [4.69, 9.17) is 10.2 Å². The quantitative estimate of drug-likeness (QED) is 0.333. The average molecular weight is 505 g/mol. The molecule has 194 valence electrons. The molecule has 0 amide bonds. The van der Waals surface area contributed by atoms with Crippen LogP contribution >= 0.6 is 0 Å². The van der Waals surface area contributed by atoms with Gasteiger partial charge in [-0.3, -0.25) is 9.29 Å². The molecule has 10 heteroatoms. The lowest BCUT2D eigenvalue weighted by molar-refractivity contribution is -0.310. The third kappa shape index (κ3) is 4.70. The number of halogens is 2. The van der Waals surface area contributed by atoms with Crippen molar-refractivity contribution in [2.45, 2.75) is 38.8 Å². The SMILES string of the molecule is CC(C)[N+]1(CF)C(CCF)=C2C[C@@H]3C(=C[C@@H](C(=O)[O-])CN3C)c3cccc1c32.O=C(O)/C=C\C(=O)O. The molecule has 8 nitrogen and oxygen atoms in total. The zero-order chi connectivity index (χ0) is 26.8. The molecule has 0 radical (unpaired) electrons. The van der Waals surface area contributed by atoms with Gasteiger partial charge in [0.2, 0.25) is 6.80 Å². The summed E-state index contributed by atoms with van der Waals surface area (Å²) in [5.41, 5.74) is 5.63. The first kappa shape index (κ1) is 27.2. The number of allylic oxidation sites excluding steroid dienone is 1. The fourth-order valence-electron chi connectivity index (χ4n) is 5.55. The number of alkyl halides is 2. The van der Waals surface area contributed by atoms with E-state index in [0.29, 0.717) is 25.1 Å². The van der Waals surface area contributed by atoms with Gasteiger partial charge in [0.25, 0.3) is 0 Å². The van der Waals surface area contributed by atoms with Crippen molar-refractivity contribution in [3.63, 3.8) is 0 Å². The number of carbonyl (C=O) groups excluding carboxylic acids is 1. The number of likely N-dealkylation sites (N-methyl/N-ethyl adjacent to an activating group) is 1. The van der Waals surface area contributed by atoms with Crippen molar-refractivity contribution in [2.75, 3.05) is 27.1 Å². The van der Waals surface area contributed by atoms with E-state index in [2.05, 4.69) is 0 Å². The van der Waals surface area contributed by atoms with Gasteiger partial charge in [-0.1, -0.05) is 18.2 Å². The van der Waals surface area contributed by atoms with E-state index in [9.17, 15) is 28.3 Å². The molecule has 3 atom stereocenters. The average Bonchev–Trinajstić information content (AvgIpc) is 3.09. The topological polar surface area (TPSA) is 118 Å².